The average molecular weight is 340 g/mol. The zero-order chi connectivity index (χ0) is 11.7. The summed E-state index contributed by atoms with van der Waals surface area (Å²) in [7, 11) is 0. The van der Waals surface area contributed by atoms with Crippen molar-refractivity contribution in [3.8, 4) is 0 Å². The average Bonchev–Trinajstić information content (AvgIpc) is 2.68. The molecule has 0 nitrogen and oxygen atoms in total. The minimum atomic E-state index is -0.433. The first-order valence-corrected chi connectivity index (χ1v) is 6.91. The predicted molar refractivity (Wildman–Crippen MR) is 71.1 cm³/mol. The molecule has 16 heavy (non-hydrogen) atoms. The van der Waals surface area contributed by atoms with Crippen molar-refractivity contribution in [2.45, 2.75) is 5.38 Å². The molecule has 1 atom stereocenters. The molecule has 0 spiro atoms. The van der Waals surface area contributed by atoms with Crippen LogP contribution in [0.2, 0.25) is 5.02 Å². The molecule has 0 saturated carbocycles. The third kappa shape index (κ3) is 2.28. The van der Waals surface area contributed by atoms with Crippen LogP contribution in [-0.4, -0.2) is 0 Å². The van der Waals surface area contributed by atoms with Gasteiger partial charge in [0, 0.05) is 4.88 Å². The molecule has 0 N–H and O–H groups in total. The third-order valence-electron chi connectivity index (χ3n) is 2.13. The molecule has 1 unspecified atom stereocenters. The van der Waals surface area contributed by atoms with Gasteiger partial charge in [-0.3, -0.25) is 0 Å². The maximum Gasteiger partial charge on any atom is 0.137 e. The van der Waals surface area contributed by atoms with Crippen molar-refractivity contribution in [3.63, 3.8) is 0 Å². The van der Waals surface area contributed by atoms with Gasteiger partial charge in [0.1, 0.15) is 5.82 Å². The largest absolute Gasteiger partial charge is 0.206 e. The molecular formula is C11H6BrCl2FS. The van der Waals surface area contributed by atoms with Gasteiger partial charge in [-0.15, -0.1) is 22.9 Å². The van der Waals surface area contributed by atoms with Crippen LogP contribution in [0.25, 0.3) is 0 Å². The van der Waals surface area contributed by atoms with Crippen molar-refractivity contribution in [2.75, 3.05) is 0 Å². The summed E-state index contributed by atoms with van der Waals surface area (Å²) >= 11 is 16.9. The minimum absolute atomic E-state index is 0.323. The smallest absolute Gasteiger partial charge is 0.137 e. The van der Waals surface area contributed by atoms with Crippen molar-refractivity contribution < 1.29 is 4.39 Å². The lowest BCUT2D eigenvalue weighted by atomic mass is 10.1. The summed E-state index contributed by atoms with van der Waals surface area (Å²) in [5.41, 5.74) is 0.686. The van der Waals surface area contributed by atoms with Crippen molar-refractivity contribution >= 4 is 50.5 Å². The Morgan fingerprint density at radius 2 is 2.06 bits per heavy atom. The van der Waals surface area contributed by atoms with E-state index >= 15 is 0 Å². The van der Waals surface area contributed by atoms with Crippen molar-refractivity contribution in [2.24, 2.45) is 0 Å². The number of benzene rings is 1. The van der Waals surface area contributed by atoms with Crippen LogP contribution in [0.3, 0.4) is 0 Å². The second kappa shape index (κ2) is 5.05. The molecule has 2 aromatic rings. The highest BCUT2D eigenvalue weighted by molar-refractivity contribution is 9.10. The number of alkyl halides is 1. The number of halogens is 4. The summed E-state index contributed by atoms with van der Waals surface area (Å²) in [6.07, 6.45) is 0. The van der Waals surface area contributed by atoms with Crippen molar-refractivity contribution in [3.05, 3.63) is 55.4 Å². The Kier molecular flexibility index (Phi) is 3.90. The van der Waals surface area contributed by atoms with Crippen LogP contribution < -0.4 is 0 Å². The Labute approximate surface area is 115 Å². The van der Waals surface area contributed by atoms with Crippen LogP contribution in [0.5, 0.6) is 0 Å². The zero-order valence-corrected chi connectivity index (χ0v) is 11.8. The summed E-state index contributed by atoms with van der Waals surface area (Å²) in [4.78, 5) is 0.828. The van der Waals surface area contributed by atoms with E-state index in [9.17, 15) is 4.39 Å². The van der Waals surface area contributed by atoms with Crippen LogP contribution in [0.15, 0.2) is 34.1 Å². The van der Waals surface area contributed by atoms with Gasteiger partial charge in [-0.05, 0) is 39.0 Å². The standard InChI is InChI=1S/C11H6BrCl2FS/c12-9-6(2-1-3-8(9)15)10(14)11-7(13)4-5-16-11/h1-5,10H. The molecule has 1 heterocycles. The molecular weight excluding hydrogens is 334 g/mol. The van der Waals surface area contributed by atoms with E-state index in [2.05, 4.69) is 15.9 Å². The van der Waals surface area contributed by atoms with Gasteiger partial charge in [-0.1, -0.05) is 23.7 Å². The van der Waals surface area contributed by atoms with Crippen LogP contribution >= 0.6 is 50.5 Å². The Morgan fingerprint density at radius 1 is 1.31 bits per heavy atom. The van der Waals surface area contributed by atoms with E-state index < -0.39 is 5.38 Å². The van der Waals surface area contributed by atoms with E-state index in [1.807, 2.05) is 5.38 Å². The van der Waals surface area contributed by atoms with E-state index in [1.165, 1.54) is 17.4 Å². The summed E-state index contributed by atoms with van der Waals surface area (Å²) in [5, 5.41) is 2.04. The maximum atomic E-state index is 13.3. The second-order valence-electron chi connectivity index (χ2n) is 3.14. The Balaban J connectivity index is 2.46. The molecule has 0 bridgehead atoms. The van der Waals surface area contributed by atoms with Gasteiger partial charge in [-0.2, -0.15) is 0 Å². The second-order valence-corrected chi connectivity index (χ2v) is 5.72. The van der Waals surface area contributed by atoms with Crippen LogP contribution in [0.1, 0.15) is 15.8 Å². The van der Waals surface area contributed by atoms with Gasteiger partial charge in [0.25, 0.3) is 0 Å². The Morgan fingerprint density at radius 3 is 2.69 bits per heavy atom. The predicted octanol–water partition coefficient (Wildman–Crippen LogP) is 5.63. The molecule has 1 aromatic heterocycles. The van der Waals surface area contributed by atoms with E-state index in [-0.39, 0.29) is 5.82 Å². The molecule has 1 aromatic carbocycles. The number of hydrogen-bond donors (Lipinski definition) is 0. The summed E-state index contributed by atoms with van der Waals surface area (Å²) in [5.74, 6) is -0.323. The third-order valence-corrected chi connectivity index (χ3v) is 4.97. The first kappa shape index (κ1) is 12.4. The van der Waals surface area contributed by atoms with Gasteiger partial charge in [0.05, 0.1) is 14.9 Å². The summed E-state index contributed by atoms with van der Waals surface area (Å²) < 4.78 is 13.7. The number of thiophene rings is 1. The highest BCUT2D eigenvalue weighted by Crippen LogP contribution is 2.40. The van der Waals surface area contributed by atoms with Gasteiger partial charge in [0.2, 0.25) is 0 Å². The van der Waals surface area contributed by atoms with Crippen molar-refractivity contribution in [1.29, 1.82) is 0 Å². The van der Waals surface area contributed by atoms with Crippen LogP contribution in [-0.2, 0) is 0 Å². The lowest BCUT2D eigenvalue weighted by Crippen LogP contribution is -1.94. The topological polar surface area (TPSA) is 0 Å². The fourth-order valence-corrected chi connectivity index (χ4v) is 3.64. The monoisotopic (exact) mass is 338 g/mol. The maximum absolute atomic E-state index is 13.3. The highest BCUT2D eigenvalue weighted by Gasteiger charge is 2.19. The zero-order valence-electron chi connectivity index (χ0n) is 7.88. The fourth-order valence-electron chi connectivity index (χ4n) is 1.34. The first-order chi connectivity index (χ1) is 7.61. The minimum Gasteiger partial charge on any atom is -0.206 e. The first-order valence-electron chi connectivity index (χ1n) is 4.42. The van der Waals surface area contributed by atoms with Gasteiger partial charge in [-0.25, -0.2) is 4.39 Å². The molecule has 0 aliphatic rings. The summed E-state index contributed by atoms with van der Waals surface area (Å²) in [6.45, 7) is 0. The van der Waals surface area contributed by atoms with Gasteiger partial charge in [0.15, 0.2) is 0 Å². The molecule has 0 saturated heterocycles. The normalized spacial score (nSPS) is 12.8. The molecule has 0 fully saturated rings. The lowest BCUT2D eigenvalue weighted by molar-refractivity contribution is 0.618. The molecule has 0 amide bonds. The number of hydrogen-bond acceptors (Lipinski definition) is 1. The Hall–Kier alpha value is -0.0900. The van der Waals surface area contributed by atoms with E-state index in [4.69, 9.17) is 23.2 Å². The van der Waals surface area contributed by atoms with Crippen molar-refractivity contribution in [1.82, 2.24) is 0 Å². The van der Waals surface area contributed by atoms with E-state index in [1.54, 1.807) is 18.2 Å². The van der Waals surface area contributed by atoms with Gasteiger partial charge < -0.3 is 0 Å². The SMILES string of the molecule is Fc1cccc(C(Cl)c2sccc2Cl)c1Br. The van der Waals surface area contributed by atoms with Crippen LogP contribution in [0, 0.1) is 5.82 Å². The quantitative estimate of drug-likeness (QED) is 0.622. The molecule has 0 aliphatic carbocycles. The van der Waals surface area contributed by atoms with Crippen LogP contribution in [0.4, 0.5) is 4.39 Å². The molecule has 0 aliphatic heterocycles. The molecule has 2 rings (SSSR count). The summed E-state index contributed by atoms with van der Waals surface area (Å²) in [6, 6.07) is 6.57. The molecule has 5 heteroatoms. The van der Waals surface area contributed by atoms with E-state index in [0.717, 1.165) is 4.88 Å². The fraction of sp³-hybridized carbons (Fsp3) is 0.0909. The highest BCUT2D eigenvalue weighted by atomic mass is 79.9. The number of rotatable bonds is 2. The van der Waals surface area contributed by atoms with Gasteiger partial charge >= 0.3 is 0 Å². The van der Waals surface area contributed by atoms with E-state index in [0.29, 0.717) is 15.1 Å². The molecule has 84 valence electrons. The Bertz CT molecular complexity index is 512. The molecule has 0 radical (unpaired) electrons. The lowest BCUT2D eigenvalue weighted by Gasteiger charge is -2.11.